The maximum Gasteiger partial charge on any atom is 0.332 e. The smallest absolute Gasteiger partial charge is 0.332 e. The van der Waals surface area contributed by atoms with Crippen LogP contribution in [0.15, 0.2) is 214 Å². The Morgan fingerprint density at radius 1 is 0.529 bits per heavy atom. The van der Waals surface area contributed by atoms with Gasteiger partial charge in [0.1, 0.15) is 0 Å². The number of hydrogen-bond donors (Lipinski definition) is 0. The van der Waals surface area contributed by atoms with Crippen LogP contribution in [-0.2, 0) is 10.8 Å². The van der Waals surface area contributed by atoms with E-state index < -0.39 is 0 Å². The Kier molecular flexibility index (Phi) is 9.08. The Morgan fingerprint density at radius 2 is 1.16 bits per heavy atom. The molecule has 336 valence electrons. The first-order valence-corrected chi connectivity index (χ1v) is 26.2. The van der Waals surface area contributed by atoms with Crippen molar-refractivity contribution in [2.24, 2.45) is 0 Å². The van der Waals surface area contributed by atoms with E-state index in [1.54, 1.807) is 0 Å². The van der Waals surface area contributed by atoms with Crippen LogP contribution in [-0.4, -0.2) is 11.3 Å². The van der Waals surface area contributed by atoms with Crippen molar-refractivity contribution in [1.29, 1.82) is 0 Å². The molecule has 6 heteroatoms. The van der Waals surface area contributed by atoms with Gasteiger partial charge in [-0.3, -0.25) is 0 Å². The first kappa shape index (κ1) is 41.8. The van der Waals surface area contributed by atoms with E-state index in [0.29, 0.717) is 0 Å². The van der Waals surface area contributed by atoms with Gasteiger partial charge in [0.2, 0.25) is 0 Å². The molecule has 0 radical (unpaired) electrons. The number of rotatable bonds is 5. The molecule has 3 aliphatic heterocycles. The molecule has 0 N–H and O–H groups in total. The number of para-hydroxylation sites is 2. The van der Waals surface area contributed by atoms with Crippen LogP contribution in [0.2, 0.25) is 0 Å². The van der Waals surface area contributed by atoms with E-state index in [9.17, 15) is 0 Å². The lowest BCUT2D eigenvalue weighted by molar-refractivity contribution is 0.590. The van der Waals surface area contributed by atoms with E-state index in [0.717, 1.165) is 11.4 Å². The third-order valence-corrected chi connectivity index (χ3v) is 17.9. The standard InChI is InChI=1S/C64H50BN3S2/c1-39-34-47-44-31-33-51(66(42-22-12-8-13-23-42)43-24-14-9-15-25-43)59-58-45-26-16-17-27-48(45)64(5,6)62(58)68(61(44)59)65-49-37-56-57(70-55-29-19-18-28-54(55)69-56)38-52(49)67(53(35-39)60(47)65)50-32-30-41(63(2,3)4)36-46(50)40-20-10-7-11-21-40/h7-38H,1-6H3. The monoisotopic (exact) mass is 935 g/mol. The van der Waals surface area contributed by atoms with Crippen LogP contribution in [0.3, 0.4) is 0 Å². The number of hydrogen-bond acceptors (Lipinski definition) is 4. The number of fused-ring (bicyclic) bond motifs is 11. The van der Waals surface area contributed by atoms with Gasteiger partial charge >= 0.3 is 6.85 Å². The summed E-state index contributed by atoms with van der Waals surface area (Å²) >= 11 is 3.82. The van der Waals surface area contributed by atoms with Gasteiger partial charge in [0.05, 0.1) is 11.4 Å². The minimum absolute atomic E-state index is 0.0283. The summed E-state index contributed by atoms with van der Waals surface area (Å²) in [4.78, 5) is 10.4. The predicted molar refractivity (Wildman–Crippen MR) is 298 cm³/mol. The normalized spacial score (nSPS) is 14.4. The van der Waals surface area contributed by atoms with Crippen LogP contribution < -0.4 is 20.7 Å². The van der Waals surface area contributed by atoms with Crippen molar-refractivity contribution in [3.05, 3.63) is 217 Å². The summed E-state index contributed by atoms with van der Waals surface area (Å²) in [7, 11) is 0. The van der Waals surface area contributed by atoms with Crippen LogP contribution in [0.4, 0.5) is 34.1 Å². The van der Waals surface area contributed by atoms with Gasteiger partial charge in [0.25, 0.3) is 0 Å². The molecule has 0 saturated heterocycles. The van der Waals surface area contributed by atoms with Gasteiger partial charge in [-0.2, -0.15) is 0 Å². The molecule has 0 unspecified atom stereocenters. The molecule has 14 rings (SSSR count). The molecule has 0 atom stereocenters. The molecule has 0 bridgehead atoms. The van der Waals surface area contributed by atoms with E-state index in [1.165, 1.54) is 120 Å². The fraction of sp³-hybridized carbons (Fsp3) is 0.125. The summed E-state index contributed by atoms with van der Waals surface area (Å²) in [5.41, 5.74) is 23.8. The Balaban J connectivity index is 1.13. The molecular weight excluding hydrogens is 886 g/mol. The number of benzene rings is 9. The van der Waals surface area contributed by atoms with E-state index in [1.807, 2.05) is 23.5 Å². The van der Waals surface area contributed by atoms with E-state index in [-0.39, 0.29) is 17.7 Å². The van der Waals surface area contributed by atoms with Crippen LogP contribution in [0, 0.1) is 6.92 Å². The maximum absolute atomic E-state index is 2.83. The van der Waals surface area contributed by atoms with Crippen LogP contribution >= 0.6 is 23.5 Å². The third kappa shape index (κ3) is 5.99. The SMILES string of the molecule is Cc1cc2c3c(c1)N(c1ccc(C(C)(C)C)cc1-c1ccccc1)c1cc4c(cc1B3n1c3c(c5c(N(c6ccccc6)c6ccccc6)ccc-2c51)-c1ccccc1C3(C)C)Sc1ccccc1S4. The zero-order valence-electron chi connectivity index (χ0n) is 40.2. The lowest BCUT2D eigenvalue weighted by atomic mass is 9.44. The molecular formula is C64H50BN3S2. The molecule has 0 amide bonds. The molecule has 4 heterocycles. The van der Waals surface area contributed by atoms with Crippen molar-refractivity contribution in [1.82, 2.24) is 4.48 Å². The molecule has 0 spiro atoms. The topological polar surface area (TPSA) is 11.4 Å². The number of aromatic nitrogens is 1. The highest BCUT2D eigenvalue weighted by molar-refractivity contribution is 8.05. The highest BCUT2D eigenvalue weighted by atomic mass is 32.2. The molecule has 10 aromatic rings. The number of nitrogens with zero attached hydrogens (tertiary/aromatic N) is 3. The Labute approximate surface area is 419 Å². The third-order valence-electron chi connectivity index (χ3n) is 15.3. The van der Waals surface area contributed by atoms with E-state index in [2.05, 4.69) is 250 Å². The molecule has 1 aliphatic carbocycles. The minimum Gasteiger partial charge on any atom is -0.378 e. The van der Waals surface area contributed by atoms with Gasteiger partial charge in [-0.05, 0) is 129 Å². The van der Waals surface area contributed by atoms with Crippen molar-refractivity contribution in [3.8, 4) is 33.4 Å². The fourth-order valence-electron chi connectivity index (χ4n) is 12.2. The second kappa shape index (κ2) is 15.2. The summed E-state index contributed by atoms with van der Waals surface area (Å²) < 4.78 is 2.83. The second-order valence-electron chi connectivity index (χ2n) is 21.0. The highest BCUT2D eigenvalue weighted by Gasteiger charge is 2.50. The average Bonchev–Trinajstić information content (AvgIpc) is 3.86. The van der Waals surface area contributed by atoms with Crippen LogP contribution in [0.5, 0.6) is 0 Å². The first-order chi connectivity index (χ1) is 34.0. The summed E-state index contributed by atoms with van der Waals surface area (Å²) in [6.07, 6.45) is 0. The van der Waals surface area contributed by atoms with Gasteiger partial charge in [0, 0.05) is 81.0 Å². The number of aryl methyl sites for hydroxylation is 1. The van der Waals surface area contributed by atoms with Gasteiger partial charge in [-0.25, -0.2) is 0 Å². The molecule has 0 saturated carbocycles. The van der Waals surface area contributed by atoms with Gasteiger partial charge in [0.15, 0.2) is 0 Å². The summed E-state index contributed by atoms with van der Waals surface area (Å²) in [5.74, 6) is 0. The lowest BCUT2D eigenvalue weighted by Crippen LogP contribution is -2.58. The quantitative estimate of drug-likeness (QED) is 0.159. The minimum atomic E-state index is -0.301. The van der Waals surface area contributed by atoms with Crippen molar-refractivity contribution < 1.29 is 0 Å². The molecule has 0 fully saturated rings. The lowest BCUT2D eigenvalue weighted by Gasteiger charge is -2.43. The Hall–Kier alpha value is -7.12. The van der Waals surface area contributed by atoms with Crippen LogP contribution in [0.1, 0.15) is 57.0 Å². The summed E-state index contributed by atoms with van der Waals surface area (Å²) in [5, 5.41) is 1.30. The first-order valence-electron chi connectivity index (χ1n) is 24.5. The molecule has 1 aromatic heterocycles. The predicted octanol–water partition coefficient (Wildman–Crippen LogP) is 16.7. The van der Waals surface area contributed by atoms with Gasteiger partial charge in [-0.1, -0.05) is 179 Å². The summed E-state index contributed by atoms with van der Waals surface area (Å²) in [6.45, 7) is 14.1. The Bertz CT molecular complexity index is 3770. The van der Waals surface area contributed by atoms with E-state index in [4.69, 9.17) is 0 Å². The van der Waals surface area contributed by atoms with Crippen molar-refractivity contribution >= 4 is 86.3 Å². The number of anilines is 6. The van der Waals surface area contributed by atoms with Crippen molar-refractivity contribution in [2.45, 2.75) is 72.0 Å². The molecule has 9 aromatic carbocycles. The Morgan fingerprint density at radius 3 is 1.84 bits per heavy atom. The van der Waals surface area contributed by atoms with Crippen molar-refractivity contribution in [3.63, 3.8) is 0 Å². The second-order valence-corrected chi connectivity index (χ2v) is 23.1. The van der Waals surface area contributed by atoms with Gasteiger partial charge < -0.3 is 14.3 Å². The summed E-state index contributed by atoms with van der Waals surface area (Å²) in [6, 6.07) is 73.2. The molecule has 3 nitrogen and oxygen atoms in total. The maximum atomic E-state index is 2.83. The highest BCUT2D eigenvalue weighted by Crippen LogP contribution is 2.60. The zero-order chi connectivity index (χ0) is 47.2. The molecule has 4 aliphatic rings. The van der Waals surface area contributed by atoms with Crippen LogP contribution in [0.25, 0.3) is 44.3 Å². The average molecular weight is 936 g/mol. The van der Waals surface area contributed by atoms with Gasteiger partial charge in [-0.15, -0.1) is 0 Å². The van der Waals surface area contributed by atoms with Crippen molar-refractivity contribution in [2.75, 3.05) is 9.80 Å². The fourth-order valence-corrected chi connectivity index (χ4v) is 14.5. The zero-order valence-corrected chi connectivity index (χ0v) is 41.8. The molecule has 70 heavy (non-hydrogen) atoms. The largest absolute Gasteiger partial charge is 0.378 e. The van der Waals surface area contributed by atoms with E-state index >= 15 is 0 Å².